The van der Waals surface area contributed by atoms with Gasteiger partial charge in [0.2, 0.25) is 17.5 Å². The van der Waals surface area contributed by atoms with E-state index >= 15 is 0 Å². The second-order valence-corrected chi connectivity index (χ2v) is 10.3. The van der Waals surface area contributed by atoms with Crippen LogP contribution < -0.4 is 14.9 Å². The van der Waals surface area contributed by atoms with Crippen LogP contribution in [0.1, 0.15) is 6.92 Å². The van der Waals surface area contributed by atoms with Gasteiger partial charge in [0.15, 0.2) is 18.2 Å². The van der Waals surface area contributed by atoms with Gasteiger partial charge in [-0.25, -0.2) is 0 Å². The highest BCUT2D eigenvalue weighted by molar-refractivity contribution is 5.88. The summed E-state index contributed by atoms with van der Waals surface area (Å²) in [5, 5.41) is 82.5. The molecule has 0 bridgehead atoms. The molecule has 3 aromatic rings. The molecule has 8 N–H and O–H groups in total. The Bertz CT molecular complexity index is 1510. The van der Waals surface area contributed by atoms with Gasteiger partial charge in [-0.2, -0.15) is 0 Å². The summed E-state index contributed by atoms with van der Waals surface area (Å²) in [7, 11) is 1.34. The Morgan fingerprint density at radius 3 is 2.30 bits per heavy atom. The van der Waals surface area contributed by atoms with Crippen molar-refractivity contribution in [3.05, 3.63) is 46.6 Å². The first kappa shape index (κ1) is 30.9. The van der Waals surface area contributed by atoms with E-state index in [1.165, 1.54) is 50.4 Å². The van der Waals surface area contributed by atoms with Gasteiger partial charge >= 0.3 is 0 Å². The number of hydrogen-bond donors (Lipinski definition) is 8. The van der Waals surface area contributed by atoms with Crippen molar-refractivity contribution >= 4 is 11.0 Å². The van der Waals surface area contributed by atoms with Gasteiger partial charge in [-0.15, -0.1) is 0 Å². The number of methoxy groups -OCH3 is 1. The van der Waals surface area contributed by atoms with E-state index in [0.717, 1.165) is 0 Å². The van der Waals surface area contributed by atoms with Crippen LogP contribution in [0.5, 0.6) is 23.0 Å². The lowest BCUT2D eigenvalue weighted by atomic mass is 9.97. The standard InChI is InChI=1S/C28H32O15/c1-10-18(32)21(35)23(37)27(39-10)43-26-22(36)19(33)16(9-29)41-28(26)42-25-20(34)17-14(31)7-13(38-2)8-15(17)40-24(25)11-4-3-5-12(30)6-11/h3-8,10,16,18-19,21-23,26-33,35-37H,9H2,1-2H3/t10-,16-,18+,19+,21-,22+,23-,26+,27+,28+/m1/s1. The number of aromatic hydroxyl groups is 2. The summed E-state index contributed by atoms with van der Waals surface area (Å²) in [4.78, 5) is 13.8. The molecule has 0 saturated carbocycles. The van der Waals surface area contributed by atoms with E-state index in [1.807, 2.05) is 0 Å². The predicted octanol–water partition coefficient (Wildman–Crippen LogP) is -1.09. The number of phenols is 2. The molecule has 2 aliphatic heterocycles. The number of hydrogen-bond acceptors (Lipinski definition) is 15. The highest BCUT2D eigenvalue weighted by Crippen LogP contribution is 2.38. The van der Waals surface area contributed by atoms with E-state index in [1.54, 1.807) is 0 Å². The fraction of sp³-hybridized carbons (Fsp3) is 0.464. The van der Waals surface area contributed by atoms with Crippen molar-refractivity contribution in [3.8, 4) is 34.3 Å². The fourth-order valence-corrected chi connectivity index (χ4v) is 5.01. The Hall–Kier alpha value is -3.51. The molecule has 43 heavy (non-hydrogen) atoms. The summed E-state index contributed by atoms with van der Waals surface area (Å²) in [5.74, 6) is -1.36. The van der Waals surface area contributed by atoms with E-state index in [2.05, 4.69) is 0 Å². The Morgan fingerprint density at radius 1 is 0.884 bits per heavy atom. The number of fused-ring (bicyclic) bond motifs is 1. The zero-order valence-electron chi connectivity index (χ0n) is 22.9. The quantitative estimate of drug-likeness (QED) is 0.159. The maximum atomic E-state index is 13.8. The Labute approximate surface area is 243 Å². The van der Waals surface area contributed by atoms with Gasteiger partial charge < -0.3 is 69.0 Å². The molecule has 2 fully saturated rings. The molecule has 0 amide bonds. The lowest BCUT2D eigenvalue weighted by Gasteiger charge is -2.45. The zero-order chi connectivity index (χ0) is 31.2. The van der Waals surface area contributed by atoms with Crippen LogP contribution in [-0.4, -0.2) is 116 Å². The number of ether oxygens (including phenoxy) is 5. The molecule has 0 aliphatic carbocycles. The van der Waals surface area contributed by atoms with Crippen LogP contribution in [0.15, 0.2) is 45.6 Å². The van der Waals surface area contributed by atoms with Crippen molar-refractivity contribution in [1.82, 2.24) is 0 Å². The second kappa shape index (κ2) is 12.2. The largest absolute Gasteiger partial charge is 0.508 e. The van der Waals surface area contributed by atoms with Crippen molar-refractivity contribution < 1.29 is 69.0 Å². The van der Waals surface area contributed by atoms with Crippen molar-refractivity contribution in [2.75, 3.05) is 13.7 Å². The summed E-state index contributed by atoms with van der Waals surface area (Å²) in [6.45, 7) is 0.611. The van der Waals surface area contributed by atoms with Gasteiger partial charge in [0.1, 0.15) is 64.8 Å². The van der Waals surface area contributed by atoms with Crippen LogP contribution in [0, 0.1) is 0 Å². The molecule has 0 spiro atoms. The van der Waals surface area contributed by atoms with Crippen molar-refractivity contribution in [2.24, 2.45) is 0 Å². The fourth-order valence-electron chi connectivity index (χ4n) is 5.01. The molecule has 0 unspecified atom stereocenters. The van der Waals surface area contributed by atoms with E-state index in [0.29, 0.717) is 0 Å². The van der Waals surface area contributed by atoms with Gasteiger partial charge in [-0.05, 0) is 19.1 Å². The van der Waals surface area contributed by atoms with Crippen LogP contribution in [0.4, 0.5) is 0 Å². The van der Waals surface area contributed by atoms with Crippen molar-refractivity contribution in [3.63, 3.8) is 0 Å². The zero-order valence-corrected chi connectivity index (χ0v) is 22.9. The Morgan fingerprint density at radius 2 is 1.63 bits per heavy atom. The van der Waals surface area contributed by atoms with Crippen molar-refractivity contribution in [2.45, 2.75) is 68.3 Å². The lowest BCUT2D eigenvalue weighted by Crippen LogP contribution is -2.64. The molecule has 3 heterocycles. The molecule has 2 saturated heterocycles. The highest BCUT2D eigenvalue weighted by atomic mass is 16.8. The summed E-state index contributed by atoms with van der Waals surface area (Å²) >= 11 is 0. The van der Waals surface area contributed by atoms with Gasteiger partial charge in [0.05, 0.1) is 19.8 Å². The van der Waals surface area contributed by atoms with Gasteiger partial charge in [0, 0.05) is 17.7 Å². The molecule has 2 aromatic carbocycles. The minimum Gasteiger partial charge on any atom is -0.508 e. The van der Waals surface area contributed by atoms with E-state index in [-0.39, 0.29) is 33.8 Å². The monoisotopic (exact) mass is 608 g/mol. The summed E-state index contributed by atoms with van der Waals surface area (Å²) in [5.41, 5.74) is -0.862. The molecule has 0 radical (unpaired) electrons. The Balaban J connectivity index is 1.61. The molecule has 5 rings (SSSR count). The molecule has 2 aliphatic rings. The average molecular weight is 609 g/mol. The second-order valence-electron chi connectivity index (χ2n) is 10.3. The van der Waals surface area contributed by atoms with E-state index in [4.69, 9.17) is 28.1 Å². The first-order chi connectivity index (χ1) is 20.4. The normalized spacial score (nSPS) is 32.9. The van der Waals surface area contributed by atoms with Gasteiger partial charge in [0.25, 0.3) is 0 Å². The number of aliphatic hydroxyl groups is 6. The SMILES string of the molecule is COc1cc(O)c2c(=O)c(O[C@@H]3O[C@H](CO)[C@H](O)[C@H](O)[C@@H]3O[C@@H]3O[C@H](C)[C@H](O)[C@@H](O)[C@H]3O)c(-c3cccc(O)c3)oc2c1. The molecular formula is C28H32O15. The molecular weight excluding hydrogens is 576 g/mol. The van der Waals surface area contributed by atoms with Gasteiger partial charge in [-0.1, -0.05) is 12.1 Å². The van der Waals surface area contributed by atoms with E-state index < -0.39 is 84.9 Å². The molecule has 15 nitrogen and oxygen atoms in total. The van der Waals surface area contributed by atoms with Crippen LogP contribution in [0.2, 0.25) is 0 Å². The smallest absolute Gasteiger partial charge is 0.239 e. The summed E-state index contributed by atoms with van der Waals surface area (Å²) < 4.78 is 33.9. The molecule has 15 heteroatoms. The van der Waals surface area contributed by atoms with E-state index in [9.17, 15) is 45.6 Å². The third kappa shape index (κ3) is 5.74. The minimum atomic E-state index is -1.86. The number of aliphatic hydroxyl groups excluding tert-OH is 6. The molecule has 234 valence electrons. The molecule has 10 atom stereocenters. The molecule has 1 aromatic heterocycles. The first-order valence-corrected chi connectivity index (χ1v) is 13.3. The van der Waals surface area contributed by atoms with Crippen LogP contribution in [-0.2, 0) is 14.2 Å². The third-order valence-electron chi connectivity index (χ3n) is 7.41. The first-order valence-electron chi connectivity index (χ1n) is 13.3. The summed E-state index contributed by atoms with van der Waals surface area (Å²) in [6.07, 6.45) is -16.2. The average Bonchev–Trinajstić information content (AvgIpc) is 2.98. The van der Waals surface area contributed by atoms with Gasteiger partial charge in [-0.3, -0.25) is 4.79 Å². The number of benzene rings is 2. The van der Waals surface area contributed by atoms with Crippen LogP contribution >= 0.6 is 0 Å². The minimum absolute atomic E-state index is 0.103. The number of phenolic OH excluding ortho intramolecular Hbond substituents is 2. The van der Waals surface area contributed by atoms with Crippen molar-refractivity contribution in [1.29, 1.82) is 0 Å². The van der Waals surface area contributed by atoms with Crippen LogP contribution in [0.25, 0.3) is 22.3 Å². The summed E-state index contributed by atoms with van der Waals surface area (Å²) in [6, 6.07) is 8.11. The lowest BCUT2D eigenvalue weighted by molar-refractivity contribution is -0.354. The highest BCUT2D eigenvalue weighted by Gasteiger charge is 2.51. The Kier molecular flexibility index (Phi) is 8.80. The number of rotatable bonds is 7. The predicted molar refractivity (Wildman–Crippen MR) is 143 cm³/mol. The maximum Gasteiger partial charge on any atom is 0.239 e. The van der Waals surface area contributed by atoms with Crippen LogP contribution in [0.3, 0.4) is 0 Å². The maximum absolute atomic E-state index is 13.8. The topological polar surface area (TPSA) is 238 Å². The third-order valence-corrected chi connectivity index (χ3v) is 7.41.